The maximum atomic E-state index is 12.8. The molecule has 1 heterocycles. The Balaban J connectivity index is 0.811. The summed E-state index contributed by atoms with van der Waals surface area (Å²) in [5.74, 6) is 0.155. The van der Waals surface area contributed by atoms with Crippen LogP contribution in [0.1, 0.15) is 113 Å². The summed E-state index contributed by atoms with van der Waals surface area (Å²) in [4.78, 5) is 19.6. The first-order chi connectivity index (χ1) is 33.2. The van der Waals surface area contributed by atoms with E-state index in [1.54, 1.807) is 7.11 Å². The second-order valence-electron chi connectivity index (χ2n) is 19.2. The smallest absolute Gasteiger partial charge is 0.0982 e. The Labute approximate surface area is 407 Å². The summed E-state index contributed by atoms with van der Waals surface area (Å²) in [6, 6.07) is 56.8. The van der Waals surface area contributed by atoms with Crippen molar-refractivity contribution in [1.82, 2.24) is 9.88 Å². The summed E-state index contributed by atoms with van der Waals surface area (Å²) in [6.07, 6.45) is 15.6. The van der Waals surface area contributed by atoms with Crippen molar-refractivity contribution in [2.45, 2.75) is 108 Å². The molecule has 0 aliphatic heterocycles. The van der Waals surface area contributed by atoms with E-state index >= 15 is 0 Å². The molecule has 7 aromatic rings. The van der Waals surface area contributed by atoms with E-state index in [1.807, 2.05) is 32.3 Å². The van der Waals surface area contributed by atoms with Gasteiger partial charge in [-0.25, -0.2) is 4.98 Å². The first-order valence-corrected chi connectivity index (χ1v) is 27.6. The molecule has 0 spiro atoms. The third-order valence-corrected chi connectivity index (χ3v) is 19.4. The Morgan fingerprint density at radius 1 is 0.647 bits per heavy atom. The zero-order valence-electron chi connectivity index (χ0n) is 41.2. The Bertz CT molecular complexity index is 2520. The number of aliphatic hydroxyl groups is 1. The van der Waals surface area contributed by atoms with Gasteiger partial charge in [0.1, 0.15) is 0 Å². The topological polar surface area (TPSA) is 71.9 Å². The quantitative estimate of drug-likeness (QED) is 0.0315. The summed E-state index contributed by atoms with van der Waals surface area (Å²) in [5.41, 5.74) is 2.70. The van der Waals surface area contributed by atoms with E-state index in [9.17, 15) is 9.90 Å². The third-order valence-electron chi connectivity index (χ3n) is 14.3. The Morgan fingerprint density at radius 2 is 1.22 bits per heavy atom. The number of esters is 1. The average Bonchev–Trinajstić information content (AvgIpc) is 3.38. The number of hydrogen-bond acceptors (Lipinski definition) is 6. The second kappa shape index (κ2) is 25.3. The van der Waals surface area contributed by atoms with Gasteiger partial charge in [0, 0.05) is 23.4 Å². The molecule has 0 fully saturated rings. The molecule has 7 heteroatoms. The normalized spacial score (nSPS) is 13.4. The van der Waals surface area contributed by atoms with Crippen LogP contribution in [-0.2, 0) is 21.6 Å². The van der Waals surface area contributed by atoms with E-state index in [1.165, 1.54) is 72.6 Å². The number of fused-ring (bicyclic) bond motifs is 2. The molecule has 2 atom stereocenters. The van der Waals surface area contributed by atoms with Crippen LogP contribution in [-0.4, -0.2) is 61.5 Å². The Kier molecular flexibility index (Phi) is 18.8. The van der Waals surface area contributed by atoms with Crippen LogP contribution in [0.5, 0.6) is 5.88 Å². The molecule has 1 aromatic heterocycles. The van der Waals surface area contributed by atoms with Crippen molar-refractivity contribution in [3.8, 4) is 5.88 Å². The van der Waals surface area contributed by atoms with Gasteiger partial charge in [0.25, 0.3) is 0 Å². The van der Waals surface area contributed by atoms with Crippen LogP contribution in [0.25, 0.3) is 21.7 Å². The van der Waals surface area contributed by atoms with Gasteiger partial charge in [-0.05, 0) is 79.9 Å². The largest absolute Gasteiger partial charge is 0.384 e. The molecule has 68 heavy (non-hydrogen) atoms. The van der Waals surface area contributed by atoms with Crippen LogP contribution in [0.2, 0.25) is 0 Å². The zero-order chi connectivity index (χ0) is 47.6. The van der Waals surface area contributed by atoms with Crippen molar-refractivity contribution in [2.24, 2.45) is 0 Å². The van der Waals surface area contributed by atoms with E-state index in [4.69, 9.17) is 14.5 Å². The Morgan fingerprint density at radius 3 is 1.84 bits per heavy atom. The van der Waals surface area contributed by atoms with Crippen molar-refractivity contribution in [3.63, 3.8) is 0 Å². The van der Waals surface area contributed by atoms with E-state index in [-0.39, 0.29) is 11.9 Å². The first-order valence-electron chi connectivity index (χ1n) is 25.4. The summed E-state index contributed by atoms with van der Waals surface area (Å²) in [7, 11) is 3.60. The molecule has 1 N–H and O–H groups in total. The summed E-state index contributed by atoms with van der Waals surface area (Å²) in [5, 5.41) is 20.5. The fourth-order valence-electron chi connectivity index (χ4n) is 10.4. The fraction of sp³-hybridized carbons (Fsp3) is 0.377. The van der Waals surface area contributed by atoms with Gasteiger partial charge in [-0.1, -0.05) is 55.5 Å². The minimum absolute atomic E-state index is 0.0763. The molecule has 0 aliphatic carbocycles. The summed E-state index contributed by atoms with van der Waals surface area (Å²) < 4.78 is 11.5. The van der Waals surface area contributed by atoms with Gasteiger partial charge >= 0.3 is 191 Å². The van der Waals surface area contributed by atoms with Crippen molar-refractivity contribution >= 4 is 50.8 Å². The fourth-order valence-corrected chi connectivity index (χ4v) is 15.3. The maximum Gasteiger partial charge on any atom is 0.0982 e. The van der Waals surface area contributed by atoms with E-state index in [2.05, 4.69) is 151 Å². The monoisotopic (exact) mass is 931 g/mol. The van der Waals surface area contributed by atoms with Crippen molar-refractivity contribution in [2.75, 3.05) is 40.5 Å². The van der Waals surface area contributed by atoms with Gasteiger partial charge < -0.3 is 19.5 Å². The number of methoxy groups -OCH3 is 1. The molecular formula is C61H75N2O4P. The minimum atomic E-state index is -2.14. The molecule has 6 aromatic carbocycles. The molecule has 6 nitrogen and oxygen atoms in total. The van der Waals surface area contributed by atoms with Crippen molar-refractivity contribution < 1.29 is 19.4 Å². The summed E-state index contributed by atoms with van der Waals surface area (Å²) in [6.45, 7) is 3.27. The van der Waals surface area contributed by atoms with Crippen LogP contribution >= 0.6 is 7.26 Å². The summed E-state index contributed by atoms with van der Waals surface area (Å²) >= 11 is 0. The first kappa shape index (κ1) is 50.5. The van der Waals surface area contributed by atoms with Crippen LogP contribution in [0.15, 0.2) is 158 Å². The average molecular weight is 931 g/mol. The number of benzene rings is 6. The molecule has 0 aliphatic rings. The second-order valence-corrected chi connectivity index (χ2v) is 23.2. The number of pyridine rings is 1. The number of ether oxygens (including phenoxy) is 2. The van der Waals surface area contributed by atoms with Gasteiger partial charge in [0.05, 0.1) is 24.8 Å². The number of rotatable bonds is 27. The molecule has 0 unspecified atom stereocenters. The molecule has 0 saturated carbocycles. The zero-order valence-corrected chi connectivity index (χ0v) is 42.2. The van der Waals surface area contributed by atoms with Gasteiger partial charge in [-0.2, -0.15) is 0 Å². The molecule has 0 bridgehead atoms. The van der Waals surface area contributed by atoms with Crippen molar-refractivity contribution in [3.05, 3.63) is 174 Å². The van der Waals surface area contributed by atoms with Crippen LogP contribution in [0.4, 0.5) is 0 Å². The van der Waals surface area contributed by atoms with E-state index < -0.39 is 12.9 Å². The molecule has 0 amide bonds. The number of aromatic nitrogens is 1. The number of unbranched alkanes of at least 4 members (excludes halogenated alkanes) is 9. The molecule has 7 rings (SSSR count). The predicted molar refractivity (Wildman–Crippen MR) is 289 cm³/mol. The number of nitrogens with zero attached hydrogens (tertiary/aromatic N) is 2. The molecule has 358 valence electrons. The Hall–Kier alpha value is -5.39. The number of aryl methyl sites for hydroxylation is 1. The standard InChI is InChI=1S/C61H75N2O4P/c1-48(61(65,42-43-63(2)3)57-38-27-30-50-29-22-23-37-55(50)57)56-47-51-46-49(40-41-58(51)62-60(56)66-4)28-24-25-44-67-59(64)39-21-10-8-6-5-7-9-11-26-45-68(52-31-15-12-16-32-52,53-33-17-13-18-34-53)54-35-19-14-20-36-54/h12-20,22-23,27,29-38,40-41,46-48,65,68H,5-11,21,24-26,28,39,42-45H2,1-4H3/t48-,61+/m1/s1. The number of carbonyl (C=O) groups excluding carboxylic acids is 1. The van der Waals surface area contributed by atoms with Gasteiger partial charge in [-0.15, -0.1) is 0 Å². The molecular weight excluding hydrogens is 856 g/mol. The van der Waals surface area contributed by atoms with Crippen LogP contribution in [0, 0.1) is 0 Å². The number of carbonyl (C=O) groups is 1. The third kappa shape index (κ3) is 12.8. The van der Waals surface area contributed by atoms with E-state index in [0.717, 1.165) is 71.5 Å². The predicted octanol–water partition coefficient (Wildman–Crippen LogP) is 12.8. The molecule has 0 radical (unpaired) electrons. The van der Waals surface area contributed by atoms with Gasteiger partial charge in [-0.3, -0.25) is 4.79 Å². The minimum Gasteiger partial charge on any atom is -0.384 e. The van der Waals surface area contributed by atoms with Crippen LogP contribution in [0.3, 0.4) is 0 Å². The molecule has 0 saturated heterocycles. The SMILES string of the molecule is COc1nc2ccc(CCCCOC(=O)CCCCCCCCCCC[PH](c3ccccc3)(c3ccccc3)c3ccccc3)cc2cc1[C@@H](C)[C@@](O)(CCN(C)C)c1cccc2ccccc12. The maximum absolute atomic E-state index is 12.8. The van der Waals surface area contributed by atoms with E-state index in [0.29, 0.717) is 25.3 Å². The van der Waals surface area contributed by atoms with Gasteiger partial charge in [0.15, 0.2) is 0 Å². The number of hydrogen-bond donors (Lipinski definition) is 1. The van der Waals surface area contributed by atoms with Crippen LogP contribution < -0.4 is 20.7 Å². The van der Waals surface area contributed by atoms with Crippen molar-refractivity contribution in [1.29, 1.82) is 0 Å². The van der Waals surface area contributed by atoms with Gasteiger partial charge in [0.2, 0.25) is 5.88 Å².